The average molecular weight is 403 g/mol. The summed E-state index contributed by atoms with van der Waals surface area (Å²) in [5.41, 5.74) is 2.01. The van der Waals surface area contributed by atoms with Gasteiger partial charge >= 0.3 is 0 Å². The number of aryl methyl sites for hydroxylation is 1. The average Bonchev–Trinajstić information content (AvgIpc) is 2.88. The lowest BCUT2D eigenvalue weighted by Crippen LogP contribution is -2.37. The summed E-state index contributed by atoms with van der Waals surface area (Å²) in [4.78, 5) is 25.7. The molecule has 0 unspecified atom stereocenters. The fourth-order valence-corrected chi connectivity index (χ4v) is 3.89. The summed E-state index contributed by atoms with van der Waals surface area (Å²) in [6.45, 7) is 10.7. The molecule has 0 aliphatic carbocycles. The number of anilines is 1. The highest BCUT2D eigenvalue weighted by Crippen LogP contribution is 2.29. The molecule has 0 atom stereocenters. The van der Waals surface area contributed by atoms with Gasteiger partial charge in [-0.3, -0.25) is 4.79 Å². The van der Waals surface area contributed by atoms with Crippen molar-refractivity contribution in [2.24, 2.45) is 5.92 Å². The summed E-state index contributed by atoms with van der Waals surface area (Å²) in [7, 11) is 1.56. The third-order valence-corrected chi connectivity index (χ3v) is 5.32. The van der Waals surface area contributed by atoms with E-state index < -0.39 is 0 Å². The third kappa shape index (κ3) is 5.04. The molecule has 3 rings (SSSR count). The maximum absolute atomic E-state index is 12.2. The van der Waals surface area contributed by atoms with E-state index in [-0.39, 0.29) is 12.5 Å². The molecule has 2 aromatic rings. The van der Waals surface area contributed by atoms with Crippen LogP contribution in [0.5, 0.6) is 0 Å². The Morgan fingerprint density at radius 2 is 2.03 bits per heavy atom. The number of carbonyl (C=O) groups is 1. The summed E-state index contributed by atoms with van der Waals surface area (Å²) in [6.07, 6.45) is 5.67. The second-order valence-corrected chi connectivity index (χ2v) is 8.17. The Morgan fingerprint density at radius 1 is 1.21 bits per heavy atom. The van der Waals surface area contributed by atoms with Crippen LogP contribution in [0.3, 0.4) is 0 Å². The minimum atomic E-state index is 0.0510. The zero-order valence-corrected chi connectivity index (χ0v) is 18.2. The van der Waals surface area contributed by atoms with Gasteiger partial charge < -0.3 is 14.5 Å². The van der Waals surface area contributed by atoms with Crippen LogP contribution in [-0.4, -0.2) is 70.5 Å². The number of carbonyl (C=O) groups excluding carboxylic acids is 1. The molecule has 1 aliphatic rings. The quantitative estimate of drug-likeness (QED) is 0.675. The zero-order valence-electron chi connectivity index (χ0n) is 18.2. The van der Waals surface area contributed by atoms with E-state index in [2.05, 4.69) is 35.6 Å². The maximum atomic E-state index is 12.2. The number of amides is 1. The molecule has 0 aromatic carbocycles. The Kier molecular flexibility index (Phi) is 7.41. The van der Waals surface area contributed by atoms with E-state index in [1.165, 1.54) is 0 Å². The number of rotatable bonds is 8. The van der Waals surface area contributed by atoms with Crippen molar-refractivity contribution >= 4 is 22.8 Å². The van der Waals surface area contributed by atoms with Gasteiger partial charge in [-0.1, -0.05) is 27.2 Å². The van der Waals surface area contributed by atoms with E-state index in [1.54, 1.807) is 13.4 Å². The van der Waals surface area contributed by atoms with E-state index in [0.717, 1.165) is 74.4 Å². The van der Waals surface area contributed by atoms with Gasteiger partial charge in [0.15, 0.2) is 5.65 Å². The highest BCUT2D eigenvalue weighted by molar-refractivity contribution is 5.90. The van der Waals surface area contributed by atoms with Gasteiger partial charge in [-0.05, 0) is 25.2 Å². The summed E-state index contributed by atoms with van der Waals surface area (Å²) < 4.78 is 7.07. The predicted octanol–water partition coefficient (Wildman–Crippen LogP) is 2.51. The lowest BCUT2D eigenvalue weighted by molar-refractivity contribution is -0.134. The van der Waals surface area contributed by atoms with Crippen LogP contribution in [0.1, 0.15) is 45.7 Å². The Morgan fingerprint density at radius 3 is 2.76 bits per heavy atom. The van der Waals surface area contributed by atoms with Crippen molar-refractivity contribution in [1.29, 1.82) is 0 Å². The fraction of sp³-hybridized carbons (Fsp3) is 0.714. The van der Waals surface area contributed by atoms with Crippen molar-refractivity contribution < 1.29 is 9.53 Å². The van der Waals surface area contributed by atoms with Gasteiger partial charge in [-0.15, -0.1) is 0 Å². The number of aromatic nitrogens is 4. The normalized spacial score (nSPS) is 15.3. The minimum absolute atomic E-state index is 0.0510. The first-order chi connectivity index (χ1) is 14.0. The number of hydrogen-bond acceptors (Lipinski definition) is 6. The van der Waals surface area contributed by atoms with Crippen molar-refractivity contribution in [3.63, 3.8) is 0 Å². The number of nitrogens with zero attached hydrogens (tertiary/aromatic N) is 6. The predicted molar refractivity (Wildman–Crippen MR) is 114 cm³/mol. The smallest absolute Gasteiger partial charge is 0.248 e. The molecule has 160 valence electrons. The Bertz CT molecular complexity index is 819. The Labute approximate surface area is 173 Å². The first-order valence-corrected chi connectivity index (χ1v) is 10.8. The monoisotopic (exact) mass is 402 g/mol. The van der Waals surface area contributed by atoms with Crippen LogP contribution >= 0.6 is 0 Å². The van der Waals surface area contributed by atoms with Gasteiger partial charge in [0.05, 0.1) is 11.1 Å². The first kappa shape index (κ1) is 21.5. The van der Waals surface area contributed by atoms with Crippen molar-refractivity contribution in [2.45, 2.75) is 53.0 Å². The maximum Gasteiger partial charge on any atom is 0.248 e. The van der Waals surface area contributed by atoms with Crippen LogP contribution in [0, 0.1) is 5.92 Å². The molecule has 1 saturated heterocycles. The minimum Gasteiger partial charge on any atom is -0.375 e. The van der Waals surface area contributed by atoms with Gasteiger partial charge in [-0.25, -0.2) is 14.6 Å². The molecule has 8 heteroatoms. The van der Waals surface area contributed by atoms with Crippen LogP contribution in [0.25, 0.3) is 11.0 Å². The summed E-state index contributed by atoms with van der Waals surface area (Å²) in [5.74, 6) is 1.51. The van der Waals surface area contributed by atoms with Gasteiger partial charge in [0, 0.05) is 39.8 Å². The van der Waals surface area contributed by atoms with E-state index in [9.17, 15) is 4.79 Å². The van der Waals surface area contributed by atoms with E-state index >= 15 is 0 Å². The molecular formula is C21H34N6O2. The lowest BCUT2D eigenvalue weighted by Gasteiger charge is -2.23. The molecule has 1 amide bonds. The van der Waals surface area contributed by atoms with E-state index in [0.29, 0.717) is 12.5 Å². The van der Waals surface area contributed by atoms with Crippen LogP contribution in [-0.2, 0) is 22.5 Å². The number of hydrogen-bond donors (Lipinski definition) is 0. The molecule has 0 saturated carbocycles. The fourth-order valence-electron chi connectivity index (χ4n) is 3.89. The molecule has 8 nitrogen and oxygen atoms in total. The van der Waals surface area contributed by atoms with Crippen LogP contribution in [0.15, 0.2) is 6.33 Å². The van der Waals surface area contributed by atoms with Crippen molar-refractivity contribution in [2.75, 3.05) is 44.8 Å². The van der Waals surface area contributed by atoms with Crippen molar-refractivity contribution in [1.82, 2.24) is 24.6 Å². The summed E-state index contributed by atoms with van der Waals surface area (Å²) in [5, 5.41) is 6.00. The molecule has 0 spiro atoms. The first-order valence-electron chi connectivity index (χ1n) is 10.8. The molecule has 2 aromatic heterocycles. The SMILES string of the molecule is CCCCn1nc(CC(C)C)c2c(N3CCCN(C(=O)COC)CC3)ncnc21. The number of fused-ring (bicyclic) bond motifs is 1. The third-order valence-electron chi connectivity index (χ3n) is 5.32. The topological polar surface area (TPSA) is 76.4 Å². The highest BCUT2D eigenvalue weighted by Gasteiger charge is 2.24. The van der Waals surface area contributed by atoms with Gasteiger partial charge in [0.1, 0.15) is 18.8 Å². The largest absolute Gasteiger partial charge is 0.375 e. The Hall–Kier alpha value is -2.22. The summed E-state index contributed by atoms with van der Waals surface area (Å²) >= 11 is 0. The molecule has 1 aliphatic heterocycles. The van der Waals surface area contributed by atoms with E-state index in [1.807, 2.05) is 9.58 Å². The van der Waals surface area contributed by atoms with Crippen molar-refractivity contribution in [3.8, 4) is 0 Å². The lowest BCUT2D eigenvalue weighted by atomic mass is 10.1. The van der Waals surface area contributed by atoms with Crippen LogP contribution in [0.2, 0.25) is 0 Å². The highest BCUT2D eigenvalue weighted by atomic mass is 16.5. The molecule has 0 radical (unpaired) electrons. The zero-order chi connectivity index (χ0) is 20.8. The van der Waals surface area contributed by atoms with Crippen LogP contribution in [0.4, 0.5) is 5.82 Å². The van der Waals surface area contributed by atoms with E-state index in [4.69, 9.17) is 9.84 Å². The molecule has 29 heavy (non-hydrogen) atoms. The van der Waals surface area contributed by atoms with Crippen molar-refractivity contribution in [3.05, 3.63) is 12.0 Å². The molecule has 0 N–H and O–H groups in total. The van der Waals surface area contributed by atoms with Gasteiger partial charge in [-0.2, -0.15) is 5.10 Å². The van der Waals surface area contributed by atoms with Gasteiger partial charge in [0.25, 0.3) is 0 Å². The second kappa shape index (κ2) is 10.0. The number of methoxy groups -OCH3 is 1. The molecule has 1 fully saturated rings. The van der Waals surface area contributed by atoms with Gasteiger partial charge in [0.2, 0.25) is 5.91 Å². The number of unbranched alkanes of at least 4 members (excludes halogenated alkanes) is 1. The molecule has 0 bridgehead atoms. The molecule has 3 heterocycles. The standard InChI is InChI=1S/C21H34N6O2/c1-5-6-10-27-21-19(17(24-27)13-16(2)3)20(22-15-23-21)26-9-7-8-25(11-12-26)18(28)14-29-4/h15-16H,5-14H2,1-4H3. The van der Waals surface area contributed by atoms with Crippen LogP contribution < -0.4 is 4.90 Å². The summed E-state index contributed by atoms with van der Waals surface area (Å²) in [6, 6.07) is 0. The Balaban J connectivity index is 1.92. The second-order valence-electron chi connectivity index (χ2n) is 8.17. The number of ether oxygens (including phenoxy) is 1. The molecular weight excluding hydrogens is 368 g/mol.